The Morgan fingerprint density at radius 2 is 2.03 bits per heavy atom. The summed E-state index contributed by atoms with van der Waals surface area (Å²) in [4.78, 5) is 17.7. The first-order valence-corrected chi connectivity index (χ1v) is 9.55. The summed E-state index contributed by atoms with van der Waals surface area (Å²) in [5.41, 5.74) is 0.867. The van der Waals surface area contributed by atoms with Crippen molar-refractivity contribution < 1.29 is 18.0 Å². The maximum absolute atomic E-state index is 12.8. The van der Waals surface area contributed by atoms with E-state index in [0.29, 0.717) is 15.5 Å². The predicted octanol–water partition coefficient (Wildman–Crippen LogP) is 5.06. The number of rotatable bonds is 4. The van der Waals surface area contributed by atoms with Crippen molar-refractivity contribution in [2.75, 3.05) is 0 Å². The van der Waals surface area contributed by atoms with Crippen LogP contribution in [-0.2, 0) is 12.7 Å². The molecule has 0 aliphatic heterocycles. The Balaban J connectivity index is 1.57. The van der Waals surface area contributed by atoms with Gasteiger partial charge in [0.05, 0.1) is 26.7 Å². The highest BCUT2D eigenvalue weighted by molar-refractivity contribution is 7.19. The molecule has 3 aromatic heterocycles. The number of alkyl halides is 3. The fourth-order valence-corrected chi connectivity index (χ4v) is 3.88. The first-order valence-electron chi connectivity index (χ1n) is 8.36. The molecular weight excluding hydrogens is 425 g/mol. The Morgan fingerprint density at radius 1 is 1.21 bits per heavy atom. The molecule has 148 valence electrons. The van der Waals surface area contributed by atoms with Crippen molar-refractivity contribution in [3.8, 4) is 10.6 Å². The smallest absolute Gasteiger partial charge is 0.348 e. The summed E-state index contributed by atoms with van der Waals surface area (Å²) in [6, 6.07) is 10.2. The third-order valence-corrected chi connectivity index (χ3v) is 5.43. The Labute approximate surface area is 171 Å². The van der Waals surface area contributed by atoms with E-state index in [1.807, 2.05) is 6.07 Å². The Morgan fingerprint density at radius 3 is 2.76 bits per heavy atom. The summed E-state index contributed by atoms with van der Waals surface area (Å²) in [6.07, 6.45) is -1.50. The van der Waals surface area contributed by atoms with E-state index in [1.165, 1.54) is 34.2 Å². The summed E-state index contributed by atoms with van der Waals surface area (Å²) in [6.45, 7) is -0.0552. The van der Waals surface area contributed by atoms with Crippen LogP contribution in [0.25, 0.3) is 16.2 Å². The number of carbonyl (C=O) groups is 1. The van der Waals surface area contributed by atoms with Crippen LogP contribution in [0.15, 0.2) is 54.9 Å². The molecule has 0 aliphatic rings. The third-order valence-electron chi connectivity index (χ3n) is 4.18. The van der Waals surface area contributed by atoms with E-state index < -0.39 is 17.6 Å². The van der Waals surface area contributed by atoms with Crippen molar-refractivity contribution in [3.05, 3.63) is 75.9 Å². The highest BCUT2D eigenvalue weighted by Crippen LogP contribution is 2.31. The summed E-state index contributed by atoms with van der Waals surface area (Å²) >= 11 is 7.36. The monoisotopic (exact) mass is 436 g/mol. The highest BCUT2D eigenvalue weighted by atomic mass is 35.5. The second-order valence-corrected chi connectivity index (χ2v) is 7.82. The zero-order valence-electron chi connectivity index (χ0n) is 14.6. The second-order valence-electron chi connectivity index (χ2n) is 6.11. The minimum Gasteiger partial charge on any atom is -0.348 e. The fraction of sp³-hybridized carbons (Fsp3) is 0.105. The maximum atomic E-state index is 12.8. The number of nitrogens with zero attached hydrogens (tertiary/aromatic N) is 3. The van der Waals surface area contributed by atoms with E-state index in [1.54, 1.807) is 18.3 Å². The summed E-state index contributed by atoms with van der Waals surface area (Å²) in [7, 11) is 0. The number of thiophene rings is 1. The Hall–Kier alpha value is -2.91. The fourth-order valence-electron chi connectivity index (χ4n) is 2.83. The molecule has 4 aromatic rings. The quantitative estimate of drug-likeness (QED) is 0.486. The summed E-state index contributed by atoms with van der Waals surface area (Å²) in [5.74, 6) is -0.480. The van der Waals surface area contributed by atoms with Gasteiger partial charge < -0.3 is 5.32 Å². The van der Waals surface area contributed by atoms with Gasteiger partial charge in [-0.25, -0.2) is 9.50 Å². The number of halogens is 4. The van der Waals surface area contributed by atoms with Crippen LogP contribution in [0.2, 0.25) is 4.34 Å². The molecule has 0 fully saturated rings. The third kappa shape index (κ3) is 3.96. The van der Waals surface area contributed by atoms with E-state index in [2.05, 4.69) is 15.4 Å². The van der Waals surface area contributed by atoms with Gasteiger partial charge in [-0.2, -0.15) is 18.3 Å². The first-order chi connectivity index (χ1) is 13.8. The molecule has 29 heavy (non-hydrogen) atoms. The Bertz CT molecular complexity index is 1200. The molecule has 5 nitrogen and oxygen atoms in total. The average molecular weight is 437 g/mol. The van der Waals surface area contributed by atoms with Crippen LogP contribution in [0.4, 0.5) is 13.2 Å². The molecule has 0 saturated carbocycles. The second kappa shape index (κ2) is 7.49. The van der Waals surface area contributed by atoms with E-state index in [-0.39, 0.29) is 12.1 Å². The van der Waals surface area contributed by atoms with Gasteiger partial charge >= 0.3 is 6.18 Å². The average Bonchev–Trinajstić information content (AvgIpc) is 3.32. The van der Waals surface area contributed by atoms with Gasteiger partial charge in [0.2, 0.25) is 0 Å². The SMILES string of the molecule is O=C(NCc1cccc(C(F)(F)F)c1)c1cnn2c(-c3ccc(Cl)s3)ccnc12. The van der Waals surface area contributed by atoms with Crippen molar-refractivity contribution in [1.29, 1.82) is 0 Å². The molecule has 10 heteroatoms. The zero-order valence-corrected chi connectivity index (χ0v) is 16.1. The molecule has 1 amide bonds. The minimum atomic E-state index is -4.44. The van der Waals surface area contributed by atoms with Gasteiger partial charge in [-0.1, -0.05) is 23.7 Å². The van der Waals surface area contributed by atoms with Crippen molar-refractivity contribution >= 4 is 34.5 Å². The van der Waals surface area contributed by atoms with Crippen molar-refractivity contribution in [3.63, 3.8) is 0 Å². The normalized spacial score (nSPS) is 11.7. The minimum absolute atomic E-state index is 0.0552. The zero-order chi connectivity index (χ0) is 20.6. The molecule has 0 saturated heterocycles. The molecule has 4 rings (SSSR count). The maximum Gasteiger partial charge on any atom is 0.416 e. The van der Waals surface area contributed by atoms with E-state index in [4.69, 9.17) is 11.6 Å². The number of amides is 1. The van der Waals surface area contributed by atoms with Crippen LogP contribution in [0.5, 0.6) is 0 Å². The largest absolute Gasteiger partial charge is 0.416 e. The van der Waals surface area contributed by atoms with Gasteiger partial charge in [-0.05, 0) is 35.9 Å². The van der Waals surface area contributed by atoms with Crippen LogP contribution in [0, 0.1) is 0 Å². The molecule has 1 aromatic carbocycles. The number of hydrogen-bond donors (Lipinski definition) is 1. The molecule has 0 unspecified atom stereocenters. The van der Waals surface area contributed by atoms with Crippen LogP contribution in [0.1, 0.15) is 21.5 Å². The molecule has 0 atom stereocenters. The van der Waals surface area contributed by atoms with Crippen LogP contribution in [-0.4, -0.2) is 20.5 Å². The van der Waals surface area contributed by atoms with E-state index >= 15 is 0 Å². The topological polar surface area (TPSA) is 59.3 Å². The first kappa shape index (κ1) is 19.4. The molecule has 3 heterocycles. The predicted molar refractivity (Wildman–Crippen MR) is 104 cm³/mol. The number of aromatic nitrogens is 3. The molecule has 0 bridgehead atoms. The van der Waals surface area contributed by atoms with E-state index in [9.17, 15) is 18.0 Å². The van der Waals surface area contributed by atoms with Gasteiger partial charge in [0, 0.05) is 12.7 Å². The molecule has 0 radical (unpaired) electrons. The number of nitrogens with one attached hydrogen (secondary N) is 1. The molecular formula is C19H12ClF3N4OS. The molecule has 0 spiro atoms. The van der Waals surface area contributed by atoms with Crippen LogP contribution >= 0.6 is 22.9 Å². The highest BCUT2D eigenvalue weighted by Gasteiger charge is 2.30. The summed E-state index contributed by atoms with van der Waals surface area (Å²) in [5, 5.41) is 6.85. The number of hydrogen-bond acceptors (Lipinski definition) is 4. The van der Waals surface area contributed by atoms with Gasteiger partial charge in [-0.3, -0.25) is 4.79 Å². The Kier molecular flexibility index (Phi) is 5.01. The van der Waals surface area contributed by atoms with Gasteiger partial charge in [0.1, 0.15) is 5.56 Å². The van der Waals surface area contributed by atoms with Crippen molar-refractivity contribution in [2.24, 2.45) is 0 Å². The van der Waals surface area contributed by atoms with Gasteiger partial charge in [-0.15, -0.1) is 11.3 Å². The standard InChI is InChI=1S/C19H12ClF3N4OS/c20-16-5-4-15(29-16)14-6-7-24-17-13(10-26-27(14)17)18(28)25-9-11-2-1-3-12(8-11)19(21,22)23/h1-8,10H,9H2,(H,25,28). The lowest BCUT2D eigenvalue weighted by Crippen LogP contribution is -2.23. The van der Waals surface area contributed by atoms with Crippen molar-refractivity contribution in [1.82, 2.24) is 19.9 Å². The molecule has 0 aliphatic carbocycles. The van der Waals surface area contributed by atoms with E-state index in [0.717, 1.165) is 22.7 Å². The summed E-state index contributed by atoms with van der Waals surface area (Å²) < 4.78 is 40.6. The van der Waals surface area contributed by atoms with Crippen molar-refractivity contribution in [2.45, 2.75) is 12.7 Å². The number of carbonyl (C=O) groups excluding carboxylic acids is 1. The van der Waals surface area contributed by atoms with Gasteiger partial charge in [0.15, 0.2) is 5.65 Å². The van der Waals surface area contributed by atoms with Crippen LogP contribution < -0.4 is 5.32 Å². The van der Waals surface area contributed by atoms with Gasteiger partial charge in [0.25, 0.3) is 5.91 Å². The number of benzene rings is 1. The lowest BCUT2D eigenvalue weighted by Gasteiger charge is -2.09. The lowest BCUT2D eigenvalue weighted by molar-refractivity contribution is -0.137. The molecule has 1 N–H and O–H groups in total. The number of fused-ring (bicyclic) bond motifs is 1. The van der Waals surface area contributed by atoms with Crippen LogP contribution in [0.3, 0.4) is 0 Å². The lowest BCUT2D eigenvalue weighted by atomic mass is 10.1.